The van der Waals surface area contributed by atoms with Crippen LogP contribution in [0, 0.1) is 6.92 Å². The Morgan fingerprint density at radius 2 is 2.00 bits per heavy atom. The molecule has 0 bridgehead atoms. The van der Waals surface area contributed by atoms with E-state index in [9.17, 15) is 13.5 Å². The largest absolute Gasteiger partial charge is 0.506 e. The number of nitrogen functional groups attached to an aromatic ring is 1. The molecule has 0 fully saturated rings. The number of nitrogens with two attached hydrogens (primary N) is 1. The van der Waals surface area contributed by atoms with Crippen molar-refractivity contribution in [1.29, 1.82) is 0 Å². The minimum absolute atomic E-state index is 0.0724. The number of hydrogen-bond donors (Lipinski definition) is 2. The lowest BCUT2D eigenvalue weighted by atomic mass is 10.2. The van der Waals surface area contributed by atoms with Crippen LogP contribution in [0.25, 0.3) is 17.0 Å². The minimum Gasteiger partial charge on any atom is -0.506 e. The summed E-state index contributed by atoms with van der Waals surface area (Å²) in [6, 6.07) is 1.10. The van der Waals surface area contributed by atoms with E-state index in [0.29, 0.717) is 17.0 Å². The third kappa shape index (κ3) is 2.35. The Labute approximate surface area is 146 Å². The van der Waals surface area contributed by atoms with E-state index in [2.05, 4.69) is 29.9 Å². The number of fused-ring (bicyclic) bond motifs is 1. The van der Waals surface area contributed by atoms with Crippen LogP contribution >= 0.6 is 0 Å². The number of aromatic hydroxyl groups is 1. The number of imidazole rings is 1. The molecular weight excluding hydrogens is 362 g/mol. The molecule has 0 atom stereocenters. The predicted molar refractivity (Wildman–Crippen MR) is 86.8 cm³/mol. The van der Waals surface area contributed by atoms with Crippen molar-refractivity contribution in [2.75, 3.05) is 5.73 Å². The number of pyridine rings is 1. The van der Waals surface area contributed by atoms with Gasteiger partial charge < -0.3 is 10.8 Å². The Balaban J connectivity index is 1.89. The van der Waals surface area contributed by atoms with Gasteiger partial charge in [0.15, 0.2) is 22.2 Å². The summed E-state index contributed by atoms with van der Waals surface area (Å²) >= 11 is 0. The Hall–Kier alpha value is -3.54. The van der Waals surface area contributed by atoms with Gasteiger partial charge in [-0.1, -0.05) is 0 Å². The van der Waals surface area contributed by atoms with Crippen LogP contribution in [-0.4, -0.2) is 43.2 Å². The first kappa shape index (κ1) is 16.0. The third-order valence-electron chi connectivity index (χ3n) is 3.75. The molecule has 11 nitrogen and oxygen atoms in total. The van der Waals surface area contributed by atoms with Crippen molar-refractivity contribution < 1.29 is 18.2 Å². The molecule has 4 aromatic rings. The first-order valence-corrected chi connectivity index (χ1v) is 8.68. The second-order valence-electron chi connectivity index (χ2n) is 5.38. The number of aryl methyl sites for hydroxylation is 1. The van der Waals surface area contributed by atoms with Gasteiger partial charge in [0.2, 0.25) is 9.84 Å². The van der Waals surface area contributed by atoms with Gasteiger partial charge in [0.05, 0.1) is 17.3 Å². The molecule has 4 aromatic heterocycles. The number of rotatable bonds is 3. The molecule has 0 aromatic carbocycles. The van der Waals surface area contributed by atoms with Gasteiger partial charge in [0, 0.05) is 24.2 Å². The molecule has 0 aliphatic rings. The molecule has 0 amide bonds. The topological polar surface area (TPSA) is 162 Å². The number of anilines is 1. The Morgan fingerprint density at radius 3 is 2.69 bits per heavy atom. The molecule has 0 saturated carbocycles. The highest BCUT2D eigenvalue weighted by molar-refractivity contribution is 7.91. The normalized spacial score (nSPS) is 11.9. The summed E-state index contributed by atoms with van der Waals surface area (Å²) < 4.78 is 31.6. The van der Waals surface area contributed by atoms with Gasteiger partial charge in [-0.2, -0.15) is 0 Å². The Bertz CT molecular complexity index is 1250. The van der Waals surface area contributed by atoms with Crippen molar-refractivity contribution in [2.45, 2.75) is 16.8 Å². The summed E-state index contributed by atoms with van der Waals surface area (Å²) in [6.45, 7) is 1.72. The minimum atomic E-state index is -3.98. The van der Waals surface area contributed by atoms with Crippen LogP contribution in [0.3, 0.4) is 0 Å². The fraction of sp³-hybridized carbons (Fsp3) is 0.0714. The number of sulfone groups is 1. The maximum atomic E-state index is 12.7. The predicted octanol–water partition coefficient (Wildman–Crippen LogP) is 0.603. The second-order valence-corrected chi connectivity index (χ2v) is 7.28. The fourth-order valence-corrected chi connectivity index (χ4v) is 3.60. The standard InChI is InChI=1S/C14H11N7O4S/c1-7-12(13-14(15)20-25-19-13)18-10-5-17-11(6-21(7)10)26(23,24)9-2-8(22)3-16-4-9/h2-6,22H,1H3,(H2,15,20). The highest BCUT2D eigenvalue weighted by Gasteiger charge is 2.23. The van der Waals surface area contributed by atoms with Gasteiger partial charge >= 0.3 is 0 Å². The van der Waals surface area contributed by atoms with Gasteiger partial charge in [0.1, 0.15) is 11.4 Å². The SMILES string of the molecule is Cc1c(-c2nonc2N)nc2cnc(S(=O)(=O)c3cncc(O)c3)cn12. The van der Waals surface area contributed by atoms with Crippen LogP contribution in [0.5, 0.6) is 5.75 Å². The molecule has 0 aliphatic carbocycles. The summed E-state index contributed by atoms with van der Waals surface area (Å²) in [4.78, 5) is 11.8. The van der Waals surface area contributed by atoms with Crippen LogP contribution in [0.4, 0.5) is 5.82 Å². The summed E-state index contributed by atoms with van der Waals surface area (Å²) in [5.41, 5.74) is 7.33. The van der Waals surface area contributed by atoms with E-state index in [4.69, 9.17) is 5.73 Å². The van der Waals surface area contributed by atoms with Crippen molar-refractivity contribution >= 4 is 21.3 Å². The summed E-state index contributed by atoms with van der Waals surface area (Å²) in [5, 5.41) is 16.5. The molecule has 0 saturated heterocycles. The molecule has 0 spiro atoms. The van der Waals surface area contributed by atoms with E-state index in [1.54, 1.807) is 11.3 Å². The van der Waals surface area contributed by atoms with E-state index >= 15 is 0 Å². The molecule has 132 valence electrons. The van der Waals surface area contributed by atoms with Crippen molar-refractivity contribution in [3.8, 4) is 17.1 Å². The van der Waals surface area contributed by atoms with E-state index in [0.717, 1.165) is 18.5 Å². The van der Waals surface area contributed by atoms with Crippen LogP contribution in [0.15, 0.2) is 45.4 Å². The summed E-state index contributed by atoms with van der Waals surface area (Å²) in [6.07, 6.45) is 4.90. The fourth-order valence-electron chi connectivity index (χ4n) is 2.45. The summed E-state index contributed by atoms with van der Waals surface area (Å²) in [5.74, 6) is -0.189. The van der Waals surface area contributed by atoms with Crippen LogP contribution in [0.2, 0.25) is 0 Å². The number of nitrogens with zero attached hydrogens (tertiary/aromatic N) is 6. The zero-order valence-electron chi connectivity index (χ0n) is 13.2. The molecule has 0 radical (unpaired) electrons. The van der Waals surface area contributed by atoms with Crippen molar-refractivity contribution in [3.63, 3.8) is 0 Å². The average Bonchev–Trinajstić information content (AvgIpc) is 3.18. The maximum Gasteiger partial charge on any atom is 0.226 e. The van der Waals surface area contributed by atoms with Crippen molar-refractivity contribution in [3.05, 3.63) is 36.5 Å². The Kier molecular flexibility index (Phi) is 3.37. The zero-order valence-corrected chi connectivity index (χ0v) is 14.0. The maximum absolute atomic E-state index is 12.7. The Morgan fingerprint density at radius 1 is 1.19 bits per heavy atom. The van der Waals surface area contributed by atoms with E-state index < -0.39 is 9.84 Å². The van der Waals surface area contributed by atoms with Gasteiger partial charge in [-0.25, -0.2) is 23.0 Å². The van der Waals surface area contributed by atoms with Gasteiger partial charge in [0.25, 0.3) is 0 Å². The van der Waals surface area contributed by atoms with E-state index in [-0.39, 0.29) is 27.2 Å². The highest BCUT2D eigenvalue weighted by atomic mass is 32.2. The molecule has 4 rings (SSSR count). The number of aromatic nitrogens is 6. The first-order chi connectivity index (χ1) is 12.4. The lowest BCUT2D eigenvalue weighted by molar-refractivity contribution is 0.310. The lowest BCUT2D eigenvalue weighted by Crippen LogP contribution is -2.06. The molecule has 4 heterocycles. The summed E-state index contributed by atoms with van der Waals surface area (Å²) in [7, 11) is -3.98. The van der Waals surface area contributed by atoms with Gasteiger partial charge in [-0.3, -0.25) is 9.38 Å². The second kappa shape index (κ2) is 5.49. The molecule has 0 aliphatic heterocycles. The number of hydrogen-bond acceptors (Lipinski definition) is 10. The average molecular weight is 373 g/mol. The van der Waals surface area contributed by atoms with E-state index in [1.807, 2.05) is 0 Å². The monoisotopic (exact) mass is 373 g/mol. The molecule has 26 heavy (non-hydrogen) atoms. The van der Waals surface area contributed by atoms with Gasteiger partial charge in [-0.15, -0.1) is 0 Å². The smallest absolute Gasteiger partial charge is 0.226 e. The quantitative estimate of drug-likeness (QED) is 0.520. The first-order valence-electron chi connectivity index (χ1n) is 7.20. The van der Waals surface area contributed by atoms with Gasteiger partial charge in [-0.05, 0) is 17.2 Å². The van der Waals surface area contributed by atoms with Crippen molar-refractivity contribution in [2.24, 2.45) is 0 Å². The molecule has 0 unspecified atom stereocenters. The highest BCUT2D eigenvalue weighted by Crippen LogP contribution is 2.27. The van der Waals surface area contributed by atoms with Crippen LogP contribution in [-0.2, 0) is 9.84 Å². The van der Waals surface area contributed by atoms with E-state index in [1.165, 1.54) is 12.4 Å². The van der Waals surface area contributed by atoms with Crippen LogP contribution in [0.1, 0.15) is 5.69 Å². The molecule has 3 N–H and O–H groups in total. The lowest BCUT2D eigenvalue weighted by Gasteiger charge is -2.05. The van der Waals surface area contributed by atoms with Crippen molar-refractivity contribution in [1.82, 2.24) is 29.7 Å². The zero-order chi connectivity index (χ0) is 18.5. The van der Waals surface area contributed by atoms with Crippen LogP contribution < -0.4 is 5.73 Å². The molecule has 12 heteroatoms. The molecular formula is C14H11N7O4S. The third-order valence-corrected chi connectivity index (χ3v) is 5.35.